The normalized spacial score (nSPS) is 14.2. The van der Waals surface area contributed by atoms with Crippen molar-refractivity contribution in [2.45, 2.75) is 25.4 Å². The summed E-state index contributed by atoms with van der Waals surface area (Å²) in [5.74, 6) is 0. The van der Waals surface area contributed by atoms with Crippen LogP contribution in [0.3, 0.4) is 0 Å². The van der Waals surface area contributed by atoms with E-state index in [0.29, 0.717) is 6.42 Å². The Labute approximate surface area is 175 Å². The van der Waals surface area contributed by atoms with Crippen LogP contribution in [0.15, 0.2) is 66.0 Å². The molecular formula is C23H25N3O2S. The molecule has 5 nitrogen and oxygen atoms in total. The van der Waals surface area contributed by atoms with E-state index >= 15 is 0 Å². The van der Waals surface area contributed by atoms with Crippen LogP contribution in [0.1, 0.15) is 16.0 Å². The molecule has 1 aliphatic rings. The lowest BCUT2D eigenvalue weighted by Crippen LogP contribution is -2.41. The minimum absolute atomic E-state index is 0.110. The van der Waals surface area contributed by atoms with Gasteiger partial charge in [0.15, 0.2) is 0 Å². The van der Waals surface area contributed by atoms with Gasteiger partial charge < -0.3 is 20.6 Å². The van der Waals surface area contributed by atoms with Gasteiger partial charge in [-0.1, -0.05) is 30.3 Å². The van der Waals surface area contributed by atoms with Crippen LogP contribution in [-0.4, -0.2) is 30.3 Å². The number of benzene rings is 2. The van der Waals surface area contributed by atoms with Crippen molar-refractivity contribution in [3.8, 4) is 0 Å². The van der Waals surface area contributed by atoms with E-state index in [2.05, 4.69) is 27.0 Å². The third-order valence-electron chi connectivity index (χ3n) is 5.18. The molecule has 0 aliphatic carbocycles. The standard InChI is InChI=1S/C23H25N3O2S/c27-16-20(14-17-4-2-1-3-5-17)25-23(28)24-19-6-8-21(9-7-19)26-12-10-22-18(15-26)11-13-29-22/h1-9,11,13,20,27H,10,12,14-16H2,(H2,24,25,28). The van der Waals surface area contributed by atoms with Crippen molar-refractivity contribution in [1.82, 2.24) is 5.32 Å². The first kappa shape index (κ1) is 19.5. The van der Waals surface area contributed by atoms with Crippen LogP contribution in [0.2, 0.25) is 0 Å². The zero-order valence-corrected chi connectivity index (χ0v) is 17.0. The van der Waals surface area contributed by atoms with Gasteiger partial charge in [0.05, 0.1) is 12.6 Å². The fourth-order valence-corrected chi connectivity index (χ4v) is 4.53. The lowest BCUT2D eigenvalue weighted by atomic mass is 10.1. The van der Waals surface area contributed by atoms with Crippen molar-refractivity contribution in [3.63, 3.8) is 0 Å². The average Bonchev–Trinajstić information content (AvgIpc) is 3.22. The highest BCUT2D eigenvalue weighted by atomic mass is 32.1. The van der Waals surface area contributed by atoms with Crippen molar-refractivity contribution in [3.05, 3.63) is 82.0 Å². The van der Waals surface area contributed by atoms with E-state index in [1.807, 2.05) is 65.9 Å². The van der Waals surface area contributed by atoms with Gasteiger partial charge >= 0.3 is 6.03 Å². The highest BCUT2D eigenvalue weighted by Gasteiger charge is 2.17. The number of amides is 2. The molecule has 0 fully saturated rings. The lowest BCUT2D eigenvalue weighted by Gasteiger charge is -2.29. The molecule has 1 atom stereocenters. The minimum Gasteiger partial charge on any atom is -0.394 e. The number of thiophene rings is 1. The Hall–Kier alpha value is -2.83. The summed E-state index contributed by atoms with van der Waals surface area (Å²) < 4.78 is 0. The van der Waals surface area contributed by atoms with Crippen LogP contribution in [-0.2, 0) is 19.4 Å². The molecule has 1 aromatic heterocycles. The van der Waals surface area contributed by atoms with Crippen molar-refractivity contribution in [2.24, 2.45) is 0 Å². The minimum atomic E-state index is -0.329. The third kappa shape index (κ3) is 4.96. The third-order valence-corrected chi connectivity index (χ3v) is 6.20. The monoisotopic (exact) mass is 407 g/mol. The molecule has 6 heteroatoms. The second-order valence-electron chi connectivity index (χ2n) is 7.26. The lowest BCUT2D eigenvalue weighted by molar-refractivity contribution is 0.224. The number of hydrogen-bond acceptors (Lipinski definition) is 4. The summed E-state index contributed by atoms with van der Waals surface area (Å²) in [5, 5.41) is 17.5. The van der Waals surface area contributed by atoms with Crippen LogP contribution in [0, 0.1) is 0 Å². The van der Waals surface area contributed by atoms with Crippen LogP contribution < -0.4 is 15.5 Å². The summed E-state index contributed by atoms with van der Waals surface area (Å²) >= 11 is 1.84. The highest BCUT2D eigenvalue weighted by Crippen LogP contribution is 2.28. The van der Waals surface area contributed by atoms with E-state index < -0.39 is 0 Å². The molecule has 1 unspecified atom stereocenters. The number of nitrogens with zero attached hydrogens (tertiary/aromatic N) is 1. The quantitative estimate of drug-likeness (QED) is 0.578. The predicted molar refractivity (Wildman–Crippen MR) is 119 cm³/mol. The van der Waals surface area contributed by atoms with Gasteiger partial charge in [0.25, 0.3) is 0 Å². The molecule has 29 heavy (non-hydrogen) atoms. The summed E-state index contributed by atoms with van der Waals surface area (Å²) in [6.45, 7) is 1.84. The van der Waals surface area contributed by atoms with Gasteiger partial charge in [0.1, 0.15) is 0 Å². The molecule has 3 aromatic rings. The van der Waals surface area contributed by atoms with Crippen LogP contribution >= 0.6 is 11.3 Å². The smallest absolute Gasteiger partial charge is 0.319 e. The van der Waals surface area contributed by atoms with Gasteiger partial charge in [-0.25, -0.2) is 4.79 Å². The first-order valence-corrected chi connectivity index (χ1v) is 10.7. The van der Waals surface area contributed by atoms with Gasteiger partial charge in [-0.2, -0.15) is 0 Å². The van der Waals surface area contributed by atoms with Crippen LogP contribution in [0.4, 0.5) is 16.2 Å². The fraction of sp³-hybridized carbons (Fsp3) is 0.261. The number of carbonyl (C=O) groups excluding carboxylic acids is 1. The SMILES string of the molecule is O=C(Nc1ccc(N2CCc3sccc3C2)cc1)NC(CO)Cc1ccccc1. The summed E-state index contributed by atoms with van der Waals surface area (Å²) in [6, 6.07) is 19.3. The van der Waals surface area contributed by atoms with Crippen molar-refractivity contribution >= 4 is 28.7 Å². The number of nitrogens with one attached hydrogen (secondary N) is 2. The molecule has 0 spiro atoms. The zero-order valence-electron chi connectivity index (χ0n) is 16.2. The maximum absolute atomic E-state index is 12.3. The van der Waals surface area contributed by atoms with Gasteiger partial charge in [-0.05, 0) is 59.7 Å². The second-order valence-corrected chi connectivity index (χ2v) is 8.26. The average molecular weight is 408 g/mol. The van der Waals surface area contributed by atoms with Gasteiger partial charge in [-0.3, -0.25) is 0 Å². The van der Waals surface area contributed by atoms with E-state index in [-0.39, 0.29) is 18.7 Å². The largest absolute Gasteiger partial charge is 0.394 e. The number of anilines is 2. The Morgan fingerprint density at radius 2 is 1.90 bits per heavy atom. The molecule has 0 bridgehead atoms. The molecule has 3 N–H and O–H groups in total. The molecule has 1 aliphatic heterocycles. The van der Waals surface area contributed by atoms with E-state index in [1.54, 1.807) is 0 Å². The molecule has 0 saturated heterocycles. The number of carbonyl (C=O) groups is 1. The molecular weight excluding hydrogens is 382 g/mol. The van der Waals surface area contributed by atoms with E-state index in [4.69, 9.17) is 0 Å². The van der Waals surface area contributed by atoms with Crippen LogP contribution in [0.5, 0.6) is 0 Å². The summed E-state index contributed by atoms with van der Waals surface area (Å²) in [6.07, 6.45) is 1.67. The number of urea groups is 1. The fourth-order valence-electron chi connectivity index (χ4n) is 3.64. The molecule has 2 aromatic carbocycles. The molecule has 0 saturated carbocycles. The van der Waals surface area contributed by atoms with E-state index in [1.165, 1.54) is 10.4 Å². The Kier molecular flexibility index (Phi) is 6.12. The first-order chi connectivity index (χ1) is 14.2. The van der Waals surface area contributed by atoms with E-state index in [9.17, 15) is 9.90 Å². The van der Waals surface area contributed by atoms with Crippen molar-refractivity contribution in [1.29, 1.82) is 0 Å². The Bertz CT molecular complexity index is 940. The number of aliphatic hydroxyl groups is 1. The number of hydrogen-bond donors (Lipinski definition) is 3. The zero-order chi connectivity index (χ0) is 20.1. The summed E-state index contributed by atoms with van der Waals surface area (Å²) in [4.78, 5) is 16.2. The van der Waals surface area contributed by atoms with Gasteiger partial charge in [0, 0.05) is 29.3 Å². The molecule has 2 amide bonds. The van der Waals surface area contributed by atoms with Crippen LogP contribution in [0.25, 0.3) is 0 Å². The molecule has 150 valence electrons. The molecule has 0 radical (unpaired) electrons. The predicted octanol–water partition coefficient (Wildman–Crippen LogP) is 4.04. The summed E-state index contributed by atoms with van der Waals surface area (Å²) in [5.41, 5.74) is 4.38. The number of fused-ring (bicyclic) bond motifs is 1. The highest BCUT2D eigenvalue weighted by molar-refractivity contribution is 7.10. The van der Waals surface area contributed by atoms with Crippen molar-refractivity contribution in [2.75, 3.05) is 23.4 Å². The number of aliphatic hydroxyl groups excluding tert-OH is 1. The topological polar surface area (TPSA) is 64.6 Å². The second kappa shape index (κ2) is 9.11. The van der Waals surface area contributed by atoms with Gasteiger partial charge in [0.2, 0.25) is 0 Å². The Balaban J connectivity index is 1.32. The van der Waals surface area contributed by atoms with Gasteiger partial charge in [-0.15, -0.1) is 11.3 Å². The molecule has 2 heterocycles. The Morgan fingerprint density at radius 1 is 1.10 bits per heavy atom. The van der Waals surface area contributed by atoms with Crippen molar-refractivity contribution < 1.29 is 9.90 Å². The Morgan fingerprint density at radius 3 is 2.66 bits per heavy atom. The van der Waals surface area contributed by atoms with E-state index in [0.717, 1.165) is 36.4 Å². The number of rotatable bonds is 6. The maximum Gasteiger partial charge on any atom is 0.319 e. The molecule has 4 rings (SSSR count). The maximum atomic E-state index is 12.3. The summed E-state index contributed by atoms with van der Waals surface area (Å²) in [7, 11) is 0. The first-order valence-electron chi connectivity index (χ1n) is 9.84.